The lowest BCUT2D eigenvalue weighted by Crippen LogP contribution is -2.50. The third kappa shape index (κ3) is 2.56. The molecule has 4 heterocycles. The van der Waals surface area contributed by atoms with Gasteiger partial charge in [-0.25, -0.2) is 0 Å². The Labute approximate surface area is 175 Å². The molecule has 4 heteroatoms. The van der Waals surface area contributed by atoms with E-state index in [0.29, 0.717) is 29.3 Å². The Hall–Kier alpha value is -2.72. The van der Waals surface area contributed by atoms with Crippen LogP contribution in [0.15, 0.2) is 58.1 Å². The van der Waals surface area contributed by atoms with E-state index >= 15 is 0 Å². The molecular weight excluding hydrogens is 372 g/mol. The predicted molar refractivity (Wildman–Crippen MR) is 123 cm³/mol. The third-order valence-corrected chi connectivity index (χ3v) is 7.50. The average molecular weight is 399 g/mol. The Morgan fingerprint density at radius 3 is 1.80 bits per heavy atom. The van der Waals surface area contributed by atoms with Crippen molar-refractivity contribution in [2.45, 2.75) is 44.7 Å². The standard InChI is InChI=1S/C26H26N2O2/c29-25-23-18-9-1-2-10-19(18)24(21-12-4-3-11-20(21)23)26(30)28(25)16-17-8-7-15-27-14-6-5-13-22(17)27/h1-4,9-12,17,22H,5-8,13-16H2/t17-,22+/m0/s1. The summed E-state index contributed by atoms with van der Waals surface area (Å²) in [5.41, 5.74) is -0.249. The molecule has 2 aromatic heterocycles. The molecule has 0 amide bonds. The first-order valence-electron chi connectivity index (χ1n) is 11.3. The fraction of sp³-hybridized carbons (Fsp3) is 0.385. The molecule has 2 aliphatic rings. The second kappa shape index (κ2) is 6.92. The number of rotatable bonds is 2. The van der Waals surface area contributed by atoms with Gasteiger partial charge in [0.15, 0.2) is 0 Å². The fourth-order valence-corrected chi connectivity index (χ4v) is 6.14. The number of hydrogen-bond donors (Lipinski definition) is 0. The van der Waals surface area contributed by atoms with Crippen molar-refractivity contribution in [3.63, 3.8) is 0 Å². The van der Waals surface area contributed by atoms with Crippen molar-refractivity contribution >= 4 is 32.3 Å². The maximum Gasteiger partial charge on any atom is 0.262 e. The normalized spacial score (nSPS) is 22.7. The number of fused-ring (bicyclic) bond motifs is 3. The highest BCUT2D eigenvalue weighted by atomic mass is 16.2. The van der Waals surface area contributed by atoms with Crippen molar-refractivity contribution in [2.24, 2.45) is 5.92 Å². The molecule has 7 rings (SSSR count). The van der Waals surface area contributed by atoms with E-state index in [-0.39, 0.29) is 11.1 Å². The fourth-order valence-electron chi connectivity index (χ4n) is 6.14. The molecule has 2 fully saturated rings. The lowest BCUT2D eigenvalue weighted by molar-refractivity contribution is 0.0512. The van der Waals surface area contributed by atoms with Crippen LogP contribution in [0.3, 0.4) is 0 Å². The minimum atomic E-state index is -0.125. The average Bonchev–Trinajstić information content (AvgIpc) is 2.94. The summed E-state index contributed by atoms with van der Waals surface area (Å²) in [6.45, 7) is 2.86. The summed E-state index contributed by atoms with van der Waals surface area (Å²) in [5.74, 6) is 0.372. The van der Waals surface area contributed by atoms with Gasteiger partial charge in [0.25, 0.3) is 11.1 Å². The van der Waals surface area contributed by atoms with E-state index in [4.69, 9.17) is 0 Å². The van der Waals surface area contributed by atoms with E-state index in [1.54, 1.807) is 4.57 Å². The first-order valence-corrected chi connectivity index (χ1v) is 11.3. The van der Waals surface area contributed by atoms with Crippen molar-refractivity contribution in [3.8, 4) is 0 Å². The van der Waals surface area contributed by atoms with Crippen molar-refractivity contribution in [1.29, 1.82) is 0 Å². The maximum absolute atomic E-state index is 13.8. The molecule has 0 saturated carbocycles. The summed E-state index contributed by atoms with van der Waals surface area (Å²) >= 11 is 0. The Morgan fingerprint density at radius 2 is 1.23 bits per heavy atom. The van der Waals surface area contributed by atoms with E-state index in [9.17, 15) is 9.59 Å². The highest BCUT2D eigenvalue weighted by molar-refractivity contribution is 6.25. The minimum Gasteiger partial charge on any atom is -0.300 e. The Balaban J connectivity index is 1.63. The van der Waals surface area contributed by atoms with E-state index in [2.05, 4.69) is 4.90 Å². The first kappa shape index (κ1) is 18.1. The topological polar surface area (TPSA) is 42.3 Å². The van der Waals surface area contributed by atoms with Crippen LogP contribution in [0.2, 0.25) is 0 Å². The summed E-state index contributed by atoms with van der Waals surface area (Å²) < 4.78 is 1.58. The largest absolute Gasteiger partial charge is 0.300 e. The molecule has 0 radical (unpaired) electrons. The van der Waals surface area contributed by atoms with Gasteiger partial charge in [0.05, 0.1) is 10.8 Å². The molecule has 4 nitrogen and oxygen atoms in total. The predicted octanol–water partition coefficient (Wildman–Crippen LogP) is 4.37. The molecule has 2 atom stereocenters. The quantitative estimate of drug-likeness (QED) is 0.471. The second-order valence-corrected chi connectivity index (χ2v) is 9.06. The molecule has 0 aliphatic carbocycles. The van der Waals surface area contributed by atoms with Gasteiger partial charge < -0.3 is 4.90 Å². The van der Waals surface area contributed by atoms with Gasteiger partial charge in [0, 0.05) is 12.6 Å². The lowest BCUT2D eigenvalue weighted by Gasteiger charge is -2.44. The van der Waals surface area contributed by atoms with Gasteiger partial charge in [-0.15, -0.1) is 0 Å². The van der Waals surface area contributed by atoms with E-state index in [1.165, 1.54) is 19.3 Å². The van der Waals surface area contributed by atoms with Gasteiger partial charge >= 0.3 is 0 Å². The van der Waals surface area contributed by atoms with Crippen LogP contribution in [0, 0.1) is 5.92 Å². The molecule has 2 bridgehead atoms. The van der Waals surface area contributed by atoms with Gasteiger partial charge in [0.2, 0.25) is 0 Å². The van der Waals surface area contributed by atoms with Crippen LogP contribution in [-0.4, -0.2) is 28.6 Å². The number of aromatic nitrogens is 1. The third-order valence-electron chi connectivity index (χ3n) is 7.50. The Morgan fingerprint density at radius 1 is 0.700 bits per heavy atom. The SMILES string of the molecule is O=c1c2c3ccccc3c(c(=O)n1C[C@@H]1CCCN3CCCC[C@H]13)c1ccccc12. The number of nitrogens with zero attached hydrogens (tertiary/aromatic N) is 2. The molecular formula is C26H26N2O2. The van der Waals surface area contributed by atoms with E-state index in [1.807, 2.05) is 48.5 Å². The van der Waals surface area contributed by atoms with Gasteiger partial charge in [0.1, 0.15) is 0 Å². The monoisotopic (exact) mass is 398 g/mol. The summed E-state index contributed by atoms with van der Waals surface area (Å²) in [5, 5.41) is 4.97. The van der Waals surface area contributed by atoms with E-state index < -0.39 is 0 Å². The van der Waals surface area contributed by atoms with Crippen LogP contribution < -0.4 is 11.1 Å². The minimum absolute atomic E-state index is 0.125. The highest BCUT2D eigenvalue weighted by Crippen LogP contribution is 2.34. The van der Waals surface area contributed by atoms with Gasteiger partial charge in [-0.3, -0.25) is 14.2 Å². The summed E-state index contributed by atoms with van der Waals surface area (Å²) in [4.78, 5) is 30.2. The lowest BCUT2D eigenvalue weighted by atomic mass is 9.83. The van der Waals surface area contributed by atoms with Crippen molar-refractivity contribution < 1.29 is 0 Å². The Kier molecular flexibility index (Phi) is 4.17. The molecule has 30 heavy (non-hydrogen) atoms. The Bertz CT molecular complexity index is 1230. The number of hydrogen-bond acceptors (Lipinski definition) is 3. The number of benzene rings is 3. The van der Waals surface area contributed by atoms with Crippen LogP contribution in [-0.2, 0) is 6.54 Å². The molecule has 0 unspecified atom stereocenters. The van der Waals surface area contributed by atoms with Gasteiger partial charge in [-0.2, -0.15) is 0 Å². The van der Waals surface area contributed by atoms with Crippen LogP contribution in [0.25, 0.3) is 32.3 Å². The smallest absolute Gasteiger partial charge is 0.262 e. The van der Waals surface area contributed by atoms with Crippen molar-refractivity contribution in [3.05, 3.63) is 69.2 Å². The summed E-state index contributed by atoms with van der Waals surface area (Å²) in [6.07, 6.45) is 5.97. The van der Waals surface area contributed by atoms with Crippen LogP contribution in [0.5, 0.6) is 0 Å². The summed E-state index contributed by atoms with van der Waals surface area (Å²) in [7, 11) is 0. The number of piperidine rings is 2. The molecule has 152 valence electrons. The zero-order valence-electron chi connectivity index (χ0n) is 17.1. The molecule has 0 spiro atoms. The van der Waals surface area contributed by atoms with Crippen molar-refractivity contribution in [2.75, 3.05) is 13.1 Å². The van der Waals surface area contributed by atoms with Gasteiger partial charge in [-0.05, 0) is 66.2 Å². The van der Waals surface area contributed by atoms with Crippen LogP contribution >= 0.6 is 0 Å². The maximum atomic E-state index is 13.8. The molecule has 0 N–H and O–H groups in total. The van der Waals surface area contributed by atoms with Crippen molar-refractivity contribution in [1.82, 2.24) is 9.47 Å². The van der Waals surface area contributed by atoms with Crippen LogP contribution in [0.4, 0.5) is 0 Å². The molecule has 2 aliphatic heterocycles. The van der Waals surface area contributed by atoms with Crippen LogP contribution in [0.1, 0.15) is 32.1 Å². The van der Waals surface area contributed by atoms with Gasteiger partial charge in [-0.1, -0.05) is 55.0 Å². The molecule has 5 aromatic rings. The highest BCUT2D eigenvalue weighted by Gasteiger charge is 2.34. The second-order valence-electron chi connectivity index (χ2n) is 9.06. The summed E-state index contributed by atoms with van der Waals surface area (Å²) in [6, 6.07) is 16.3. The zero-order chi connectivity index (χ0) is 20.2. The molecule has 3 aromatic carbocycles. The van der Waals surface area contributed by atoms with E-state index in [0.717, 1.165) is 47.5 Å². The molecule has 2 saturated heterocycles. The first-order chi connectivity index (χ1) is 14.7. The zero-order valence-corrected chi connectivity index (χ0v) is 17.1.